The summed E-state index contributed by atoms with van der Waals surface area (Å²) in [5.74, 6) is -11.9. The van der Waals surface area contributed by atoms with Crippen LogP contribution in [0.2, 0.25) is 0 Å². The summed E-state index contributed by atoms with van der Waals surface area (Å²) in [4.78, 5) is 190. The molecule has 36 heteroatoms. The molecule has 586 valence electrons. The molecule has 4 rings (SSSR count). The normalized spacial score (nSPS) is 15.6. The van der Waals surface area contributed by atoms with Crippen molar-refractivity contribution in [2.75, 3.05) is 45.0 Å². The predicted molar refractivity (Wildman–Crippen MR) is 392 cm³/mol. The second-order valence-electron chi connectivity index (χ2n) is 26.1. The molecule has 1 aromatic heterocycles. The molecule has 10 amide bonds. The molecule has 13 N–H and O–H groups in total. The highest BCUT2D eigenvalue weighted by Crippen LogP contribution is 2.32. The molecule has 0 bridgehead atoms. The maximum absolute atomic E-state index is 15.0. The Morgan fingerprint density at radius 3 is 2.02 bits per heavy atom. The van der Waals surface area contributed by atoms with E-state index < -0.39 is 151 Å². The first-order valence-electron chi connectivity index (χ1n) is 35.1. The van der Waals surface area contributed by atoms with E-state index in [1.54, 1.807) is 49.4 Å². The van der Waals surface area contributed by atoms with Crippen molar-refractivity contribution in [3.8, 4) is 5.75 Å². The van der Waals surface area contributed by atoms with Gasteiger partial charge in [-0.25, -0.2) is 29.6 Å². The molecule has 0 spiro atoms. The van der Waals surface area contributed by atoms with E-state index in [4.69, 9.17) is 14.2 Å². The molecule has 2 heterocycles. The van der Waals surface area contributed by atoms with Crippen LogP contribution < -0.4 is 48.1 Å². The Hall–Kier alpha value is -9.29. The number of amides is 10. The van der Waals surface area contributed by atoms with Crippen LogP contribution in [0.4, 0.5) is 9.59 Å². The van der Waals surface area contributed by atoms with Gasteiger partial charge in [-0.15, -0.1) is 11.3 Å². The monoisotopic (exact) mass is 1540 g/mol. The molecular formula is C70H102N12O21S3. The summed E-state index contributed by atoms with van der Waals surface area (Å²) < 4.78 is 16.8. The summed E-state index contributed by atoms with van der Waals surface area (Å²) in [6, 6.07) is 4.59. The minimum absolute atomic E-state index is 0.00687. The SMILES string of the molecule is CCCC(=O)OCN(C(=O)[C@@H](NC(=O)[C@H]1CCCCN1C)C(C)CC)[C@H](C[C@@H](OC(C)=O)c1nc(C(=O)N[C@@H](Cc2ccc(O)cc2)C[C@H](C)C(=O)NNC(=O)OCCSSC[C@H](NC(=O)[C@H](Cc2ccccc2)NC(=O)[C@H](CC(=O)O)NC(=O)NCCCC[C@H](NC(C)=O)C(=O)O)C(=O)O)cs1)C(C)C. The van der Waals surface area contributed by atoms with Crippen molar-refractivity contribution in [2.45, 2.75) is 200 Å². The number of benzene rings is 2. The van der Waals surface area contributed by atoms with E-state index >= 15 is 4.79 Å². The summed E-state index contributed by atoms with van der Waals surface area (Å²) in [6.07, 6.45) is 0.875. The average molecular weight is 1540 g/mol. The molecule has 0 aliphatic carbocycles. The Labute approximate surface area is 627 Å². The number of ether oxygens (including phenoxy) is 3. The fourth-order valence-corrected chi connectivity index (χ4v) is 14.1. The third-order valence-electron chi connectivity index (χ3n) is 17.2. The van der Waals surface area contributed by atoms with E-state index in [9.17, 15) is 82.8 Å². The largest absolute Gasteiger partial charge is 0.508 e. The molecule has 1 saturated heterocycles. The number of urea groups is 1. The van der Waals surface area contributed by atoms with E-state index in [-0.39, 0.29) is 110 Å². The quantitative estimate of drug-likeness (QED) is 0.00909. The van der Waals surface area contributed by atoms with Crippen molar-refractivity contribution < 1.29 is 102 Å². The maximum atomic E-state index is 15.0. The number of esters is 2. The summed E-state index contributed by atoms with van der Waals surface area (Å²) in [6.45, 7) is 13.2. The number of phenolic OH excluding ortho intramolecular Hbond substituents is 1. The number of carbonyl (C=O) groups is 14. The van der Waals surface area contributed by atoms with Gasteiger partial charge < -0.3 is 76.8 Å². The van der Waals surface area contributed by atoms with Crippen LogP contribution in [0.1, 0.15) is 165 Å². The van der Waals surface area contributed by atoms with Gasteiger partial charge in [-0.2, -0.15) is 0 Å². The van der Waals surface area contributed by atoms with E-state index in [1.807, 2.05) is 46.6 Å². The highest BCUT2D eigenvalue weighted by atomic mass is 33.1. The summed E-state index contributed by atoms with van der Waals surface area (Å²) in [5, 5.41) is 58.5. The second kappa shape index (κ2) is 46.6. The third-order valence-corrected chi connectivity index (χ3v) is 20.5. The number of aromatic hydroxyl groups is 1. The lowest BCUT2D eigenvalue weighted by Gasteiger charge is -2.39. The molecule has 0 saturated carbocycles. The van der Waals surface area contributed by atoms with Gasteiger partial charge in [0.2, 0.25) is 35.4 Å². The maximum Gasteiger partial charge on any atom is 0.426 e. The van der Waals surface area contributed by atoms with Crippen molar-refractivity contribution in [1.82, 2.24) is 62.9 Å². The lowest BCUT2D eigenvalue weighted by atomic mass is 9.92. The summed E-state index contributed by atoms with van der Waals surface area (Å²) >= 11 is 1.02. The predicted octanol–water partition coefficient (Wildman–Crippen LogP) is 4.72. The number of likely N-dealkylation sites (N-methyl/N-ethyl adjacent to an activating group) is 1. The van der Waals surface area contributed by atoms with Crippen molar-refractivity contribution in [3.63, 3.8) is 0 Å². The van der Waals surface area contributed by atoms with Gasteiger partial charge in [0.05, 0.1) is 12.5 Å². The Bertz CT molecular complexity index is 3430. The highest BCUT2D eigenvalue weighted by molar-refractivity contribution is 8.76. The number of carboxylic acid groups (broad SMARTS) is 3. The standard InChI is InChI=1S/C70H102N12O21S3/c1-10-19-58(88)102-39-82(66(94)59(41(5)11-2)78-64(93)54-23-16-18-29-81(54)9)55(40(3)4)36-56(103-44(8)84)65-76-52(37-104-65)63(92)73-47(33-46-24-26-48(85)27-25-46)32-42(6)60(89)79-80-70(100)101-30-31-105-106-38-53(68(97)98)75-61(90)50(34-45-20-13-12-14-21-45)74-62(91)51(35-57(86)87)77-69(99)71-28-17-15-22-49(67(95)96)72-43(7)83/h12-14,20-21,24-27,37,40-42,47,49-51,53-56,59,85H,10-11,15-19,22-23,28-36,38-39H2,1-9H3,(H,72,83)(H,73,92)(H,74,91)(H,75,90)(H,78,93)(H,79,89)(H,80,100)(H,86,87)(H,95,96)(H,97,98)(H2,71,77,99)/t41?,42-,47+,49-,50-,51-,53-,54+,55+,56+,59-/m0/s1. The topological polar surface area (TPSA) is 475 Å². The number of nitrogens with zero attached hydrogens (tertiary/aromatic N) is 3. The zero-order valence-corrected chi connectivity index (χ0v) is 63.6. The van der Waals surface area contributed by atoms with E-state index in [0.29, 0.717) is 30.4 Å². The molecule has 0 radical (unpaired) electrons. The molecule has 106 heavy (non-hydrogen) atoms. The number of rotatable bonds is 45. The molecule has 2 aromatic carbocycles. The van der Waals surface area contributed by atoms with Gasteiger partial charge in [0.25, 0.3) is 5.91 Å². The van der Waals surface area contributed by atoms with Crippen molar-refractivity contribution in [3.05, 3.63) is 81.8 Å². The number of phenols is 1. The van der Waals surface area contributed by atoms with E-state index in [0.717, 1.165) is 52.3 Å². The molecule has 3 aromatic rings. The van der Waals surface area contributed by atoms with Gasteiger partial charge in [-0.1, -0.05) is 118 Å². The van der Waals surface area contributed by atoms with E-state index in [1.165, 1.54) is 36.3 Å². The molecule has 1 aliphatic heterocycles. The van der Waals surface area contributed by atoms with Gasteiger partial charge >= 0.3 is 42.0 Å². The number of hydrazine groups is 1. The van der Waals surface area contributed by atoms with Crippen LogP contribution in [-0.2, 0) is 79.8 Å². The number of nitrogens with one attached hydrogen (secondary N) is 9. The number of unbranched alkanes of at least 4 members (excludes halogenated alkanes) is 1. The average Bonchev–Trinajstić information content (AvgIpc) is 1.34. The Morgan fingerprint density at radius 2 is 1.40 bits per heavy atom. The van der Waals surface area contributed by atoms with Crippen LogP contribution in [0.3, 0.4) is 0 Å². The number of aliphatic carboxylic acids is 3. The number of hydrogen-bond acceptors (Lipinski definition) is 23. The van der Waals surface area contributed by atoms with Crippen molar-refractivity contribution >= 4 is 116 Å². The molecule has 1 aliphatic rings. The molecule has 1 unspecified atom stereocenters. The highest BCUT2D eigenvalue weighted by Gasteiger charge is 2.40. The molecule has 33 nitrogen and oxygen atoms in total. The van der Waals surface area contributed by atoms with Crippen LogP contribution in [0.25, 0.3) is 0 Å². The number of hydrogen-bond donors (Lipinski definition) is 13. The number of thiazole rings is 1. The molecule has 1 fully saturated rings. The first-order chi connectivity index (χ1) is 50.3. The second-order valence-corrected chi connectivity index (χ2v) is 29.6. The zero-order valence-electron chi connectivity index (χ0n) is 61.1. The van der Waals surface area contributed by atoms with Gasteiger partial charge in [0, 0.05) is 74.5 Å². The minimum atomic E-state index is -1.72. The van der Waals surface area contributed by atoms with Crippen molar-refractivity contribution in [2.24, 2.45) is 17.8 Å². The van der Waals surface area contributed by atoms with Gasteiger partial charge in [-0.3, -0.25) is 58.3 Å². The number of piperidine rings is 1. The Balaban J connectivity index is 1.37. The fourth-order valence-electron chi connectivity index (χ4n) is 11.2. The Morgan fingerprint density at radius 1 is 0.726 bits per heavy atom. The van der Waals surface area contributed by atoms with Gasteiger partial charge in [-0.05, 0) is 100 Å². The minimum Gasteiger partial charge on any atom is -0.508 e. The fraction of sp³-hybridized carbons (Fsp3) is 0.586. The first-order valence-corrected chi connectivity index (χ1v) is 38.5. The van der Waals surface area contributed by atoms with Crippen LogP contribution in [0, 0.1) is 17.8 Å². The molecular weight excluding hydrogens is 1440 g/mol. The summed E-state index contributed by atoms with van der Waals surface area (Å²) in [5.41, 5.74) is 5.60. The van der Waals surface area contributed by atoms with E-state index in [2.05, 4.69) is 53.1 Å². The van der Waals surface area contributed by atoms with Crippen LogP contribution in [0.5, 0.6) is 5.75 Å². The van der Waals surface area contributed by atoms with Gasteiger partial charge in [0.15, 0.2) is 12.8 Å². The number of likely N-dealkylation sites (tertiary alicyclic amines) is 1. The van der Waals surface area contributed by atoms with Crippen LogP contribution >= 0.6 is 32.9 Å². The zero-order chi connectivity index (χ0) is 78.6. The van der Waals surface area contributed by atoms with Crippen LogP contribution in [0.15, 0.2) is 60.0 Å². The summed E-state index contributed by atoms with van der Waals surface area (Å²) in [7, 11) is 3.92. The smallest absolute Gasteiger partial charge is 0.426 e. The number of carboxylic acids is 3. The van der Waals surface area contributed by atoms with Gasteiger partial charge in [0.1, 0.15) is 53.3 Å². The Kier molecular flexibility index (Phi) is 39.2. The molecule has 11 atom stereocenters. The first kappa shape index (κ1) is 89.1. The lowest BCUT2D eigenvalue weighted by Crippen LogP contribution is -2.59. The number of aromatic nitrogens is 1. The lowest BCUT2D eigenvalue weighted by molar-refractivity contribution is -0.160. The number of carbonyl (C=O) groups excluding carboxylic acids is 11. The third kappa shape index (κ3) is 32.2. The van der Waals surface area contributed by atoms with Crippen molar-refractivity contribution in [1.29, 1.82) is 0 Å². The van der Waals surface area contributed by atoms with Crippen LogP contribution in [-0.4, -0.2) is 212 Å².